The molecule has 0 saturated heterocycles. The molecule has 3 aromatic rings. The highest BCUT2D eigenvalue weighted by Crippen LogP contribution is 2.28. The second-order valence-corrected chi connectivity index (χ2v) is 6.82. The van der Waals surface area contributed by atoms with Crippen LogP contribution in [-0.4, -0.2) is 4.92 Å². The van der Waals surface area contributed by atoms with Crippen LogP contribution in [0.2, 0.25) is 0 Å². The van der Waals surface area contributed by atoms with E-state index in [0.717, 1.165) is 11.4 Å². The molecule has 0 aliphatic heterocycles. The average Bonchev–Trinajstić information content (AvgIpc) is 2.78. The smallest absolute Gasteiger partial charge is 0.351 e. The van der Waals surface area contributed by atoms with E-state index in [4.69, 9.17) is 23.2 Å². The maximum absolute atomic E-state index is 11.3. The largest absolute Gasteiger partial charge is 0.358 e. The Labute approximate surface area is 184 Å². The summed E-state index contributed by atoms with van der Waals surface area (Å²) < 4.78 is 0. The average molecular weight is 441 g/mol. The van der Waals surface area contributed by atoms with Gasteiger partial charge in [0.1, 0.15) is 11.5 Å². The lowest BCUT2D eigenvalue weighted by Crippen LogP contribution is -2.18. The Bertz CT molecular complexity index is 1010. The van der Waals surface area contributed by atoms with Crippen molar-refractivity contribution in [1.82, 2.24) is 0 Å². The SMILES string of the molecule is O=[N+]([O-])/C(Cl)=C(/Cl)C(Nc1ccccc1)=C(Nc1ccccc1)Nc1ccccc1. The fourth-order valence-electron chi connectivity index (χ4n) is 2.56. The monoisotopic (exact) mass is 440 g/mol. The topological polar surface area (TPSA) is 79.2 Å². The summed E-state index contributed by atoms with van der Waals surface area (Å²) in [6, 6.07) is 27.9. The fraction of sp³-hybridized carbons (Fsp3) is 0. The number of rotatable bonds is 8. The fourth-order valence-corrected chi connectivity index (χ4v) is 2.87. The lowest BCUT2D eigenvalue weighted by molar-refractivity contribution is -0.412. The van der Waals surface area contributed by atoms with Crippen LogP contribution in [0.15, 0.2) is 113 Å². The summed E-state index contributed by atoms with van der Waals surface area (Å²) in [7, 11) is 0. The van der Waals surface area contributed by atoms with Crippen molar-refractivity contribution in [3.05, 3.63) is 123 Å². The molecule has 6 nitrogen and oxygen atoms in total. The number of hydrogen-bond donors (Lipinski definition) is 3. The molecule has 0 bridgehead atoms. The van der Waals surface area contributed by atoms with Gasteiger partial charge >= 0.3 is 5.16 Å². The summed E-state index contributed by atoms with van der Waals surface area (Å²) in [5, 5.41) is 19.9. The molecule has 152 valence electrons. The molecular formula is C22H18Cl2N4O2. The molecule has 3 aromatic carbocycles. The molecule has 0 aliphatic rings. The van der Waals surface area contributed by atoms with Crippen molar-refractivity contribution < 1.29 is 4.92 Å². The number of nitrogens with one attached hydrogen (secondary N) is 3. The Hall–Kier alpha value is -3.48. The van der Waals surface area contributed by atoms with E-state index in [9.17, 15) is 10.1 Å². The van der Waals surface area contributed by atoms with Gasteiger partial charge < -0.3 is 16.0 Å². The van der Waals surface area contributed by atoms with Gasteiger partial charge in [0.05, 0.1) is 4.92 Å². The summed E-state index contributed by atoms with van der Waals surface area (Å²) in [5.41, 5.74) is 2.41. The van der Waals surface area contributed by atoms with Crippen LogP contribution in [0.3, 0.4) is 0 Å². The molecule has 30 heavy (non-hydrogen) atoms. The van der Waals surface area contributed by atoms with Gasteiger partial charge in [-0.05, 0) is 48.0 Å². The van der Waals surface area contributed by atoms with Crippen molar-refractivity contribution in [3.8, 4) is 0 Å². The van der Waals surface area contributed by atoms with E-state index in [1.54, 1.807) is 0 Å². The highest BCUT2D eigenvalue weighted by Gasteiger charge is 2.22. The zero-order valence-electron chi connectivity index (χ0n) is 15.7. The molecule has 0 atom stereocenters. The van der Waals surface area contributed by atoms with Gasteiger partial charge in [-0.2, -0.15) is 0 Å². The van der Waals surface area contributed by atoms with E-state index >= 15 is 0 Å². The van der Waals surface area contributed by atoms with E-state index in [-0.39, 0.29) is 10.7 Å². The molecule has 3 rings (SSSR count). The lowest BCUT2D eigenvalue weighted by Gasteiger charge is -2.20. The second kappa shape index (κ2) is 10.3. The summed E-state index contributed by atoms with van der Waals surface area (Å²) in [6.45, 7) is 0. The van der Waals surface area contributed by atoms with E-state index in [1.807, 2.05) is 91.0 Å². The maximum atomic E-state index is 11.3. The van der Waals surface area contributed by atoms with E-state index in [1.165, 1.54) is 0 Å². The molecule has 0 amide bonds. The molecule has 0 unspecified atom stereocenters. The van der Waals surface area contributed by atoms with Crippen LogP contribution in [0.1, 0.15) is 0 Å². The van der Waals surface area contributed by atoms with Gasteiger partial charge in [0, 0.05) is 17.1 Å². The Morgan fingerprint density at radius 2 is 1.03 bits per heavy atom. The van der Waals surface area contributed by atoms with Crippen molar-refractivity contribution in [2.45, 2.75) is 0 Å². The predicted octanol–water partition coefficient (Wildman–Crippen LogP) is 6.42. The van der Waals surface area contributed by atoms with Gasteiger partial charge in [-0.15, -0.1) is 0 Å². The molecule has 8 heteroatoms. The van der Waals surface area contributed by atoms with Crippen LogP contribution in [0, 0.1) is 10.1 Å². The molecule has 0 fully saturated rings. The summed E-state index contributed by atoms with van der Waals surface area (Å²) >= 11 is 12.3. The highest BCUT2D eigenvalue weighted by molar-refractivity contribution is 6.40. The third kappa shape index (κ3) is 5.76. The number of hydrogen-bond acceptors (Lipinski definition) is 5. The number of anilines is 3. The third-order valence-electron chi connectivity index (χ3n) is 3.94. The minimum Gasteiger partial charge on any atom is -0.351 e. The minimum atomic E-state index is -0.737. The molecule has 0 spiro atoms. The maximum Gasteiger partial charge on any atom is 0.358 e. The van der Waals surface area contributed by atoms with Crippen LogP contribution in [0.4, 0.5) is 17.1 Å². The molecule has 0 heterocycles. The predicted molar refractivity (Wildman–Crippen MR) is 123 cm³/mol. The van der Waals surface area contributed by atoms with Crippen molar-refractivity contribution in [3.63, 3.8) is 0 Å². The van der Waals surface area contributed by atoms with Crippen LogP contribution in [-0.2, 0) is 0 Å². The Morgan fingerprint density at radius 1 is 0.667 bits per heavy atom. The molecule has 0 aromatic heterocycles. The van der Waals surface area contributed by atoms with Gasteiger partial charge in [-0.1, -0.05) is 66.2 Å². The van der Waals surface area contributed by atoms with E-state index < -0.39 is 10.1 Å². The highest BCUT2D eigenvalue weighted by atomic mass is 35.5. The summed E-state index contributed by atoms with van der Waals surface area (Å²) in [6.07, 6.45) is 0. The Morgan fingerprint density at radius 3 is 1.40 bits per heavy atom. The van der Waals surface area contributed by atoms with Crippen molar-refractivity contribution in [1.29, 1.82) is 0 Å². The normalized spacial score (nSPS) is 11.1. The molecule has 0 radical (unpaired) electrons. The van der Waals surface area contributed by atoms with Gasteiger partial charge in [0.2, 0.25) is 0 Å². The number of nitrogens with zero attached hydrogens (tertiary/aromatic N) is 1. The number of allylic oxidation sites excluding steroid dienone is 1. The quantitative estimate of drug-likeness (QED) is 0.163. The van der Waals surface area contributed by atoms with Gasteiger partial charge in [0.15, 0.2) is 5.03 Å². The van der Waals surface area contributed by atoms with Gasteiger partial charge in [-0.3, -0.25) is 10.1 Å². The molecule has 0 saturated carbocycles. The molecular weight excluding hydrogens is 423 g/mol. The van der Waals surface area contributed by atoms with Gasteiger partial charge in [0.25, 0.3) is 0 Å². The number of benzene rings is 3. The summed E-state index contributed by atoms with van der Waals surface area (Å²) in [4.78, 5) is 10.5. The van der Waals surface area contributed by atoms with Crippen LogP contribution in [0.25, 0.3) is 0 Å². The number of halogens is 2. The minimum absolute atomic E-state index is 0.220. The first kappa shape index (κ1) is 21.2. The van der Waals surface area contributed by atoms with E-state index in [2.05, 4.69) is 16.0 Å². The third-order valence-corrected chi connectivity index (χ3v) is 4.73. The zero-order chi connectivity index (χ0) is 21.3. The standard InChI is InChI=1S/C22H18Cl2N4O2/c23-19(21(24)28(29)30)20(25-16-10-4-1-5-11-16)22(26-17-12-6-2-7-13-17)27-18-14-8-3-9-15-18/h1-15,25-27H/b21-19+. The lowest BCUT2D eigenvalue weighted by atomic mass is 10.2. The first-order valence-corrected chi connectivity index (χ1v) is 9.70. The molecule has 3 N–H and O–H groups in total. The van der Waals surface area contributed by atoms with E-state index in [0.29, 0.717) is 11.5 Å². The Balaban J connectivity index is 2.14. The van der Waals surface area contributed by atoms with Crippen LogP contribution < -0.4 is 16.0 Å². The number of para-hydroxylation sites is 3. The zero-order valence-corrected chi connectivity index (χ0v) is 17.2. The second-order valence-electron chi connectivity index (χ2n) is 6.08. The Kier molecular flexibility index (Phi) is 7.32. The van der Waals surface area contributed by atoms with Crippen molar-refractivity contribution >= 4 is 40.3 Å². The van der Waals surface area contributed by atoms with Crippen LogP contribution >= 0.6 is 23.2 Å². The summed E-state index contributed by atoms with van der Waals surface area (Å²) in [5.74, 6) is 0.390. The van der Waals surface area contributed by atoms with Gasteiger partial charge in [-0.25, -0.2) is 0 Å². The van der Waals surface area contributed by atoms with Crippen molar-refractivity contribution in [2.75, 3.05) is 16.0 Å². The molecule has 0 aliphatic carbocycles. The number of nitro groups is 1. The first-order valence-electron chi connectivity index (χ1n) is 8.95. The van der Waals surface area contributed by atoms with Crippen molar-refractivity contribution in [2.24, 2.45) is 0 Å². The first-order chi connectivity index (χ1) is 14.5. The van der Waals surface area contributed by atoms with Crippen LogP contribution in [0.5, 0.6) is 0 Å².